The molecule has 1 aliphatic rings. The zero-order valence-corrected chi connectivity index (χ0v) is 16.9. The monoisotopic (exact) mass is 411 g/mol. The molecule has 1 aliphatic heterocycles. The van der Waals surface area contributed by atoms with Crippen molar-refractivity contribution in [2.45, 2.75) is 6.54 Å². The number of aromatic nitrogens is 3. The van der Waals surface area contributed by atoms with Gasteiger partial charge in [-0.3, -0.25) is 5.01 Å². The molecule has 0 spiro atoms. The standard InChI is InChI=1S/C23H21N7O/c1-31-20-7-3-2-6-19(20)29-14-15-13-27-22(17-12-16(24)9-10-18(17)25)28-23(15)30(29)21-8-4-5-11-26-21/h2-13H,14,24-25H2,1H3. The van der Waals surface area contributed by atoms with Crippen LogP contribution in [0.4, 0.5) is 28.7 Å². The van der Waals surface area contributed by atoms with Crippen LogP contribution in [0.3, 0.4) is 0 Å². The second kappa shape index (κ2) is 7.49. The fraction of sp³-hybridized carbons (Fsp3) is 0.0870. The lowest BCUT2D eigenvalue weighted by Crippen LogP contribution is -2.34. The molecule has 8 heteroatoms. The van der Waals surface area contributed by atoms with Gasteiger partial charge in [0.1, 0.15) is 11.4 Å². The van der Waals surface area contributed by atoms with Gasteiger partial charge in [0.2, 0.25) is 0 Å². The summed E-state index contributed by atoms with van der Waals surface area (Å²) in [5, 5.41) is 4.05. The van der Waals surface area contributed by atoms with Crippen LogP contribution in [0.15, 0.2) is 73.1 Å². The van der Waals surface area contributed by atoms with E-state index in [2.05, 4.69) is 15.0 Å². The first-order valence-corrected chi connectivity index (χ1v) is 9.78. The molecule has 4 N–H and O–H groups in total. The molecule has 0 fully saturated rings. The number of para-hydroxylation sites is 2. The fourth-order valence-electron chi connectivity index (χ4n) is 3.68. The summed E-state index contributed by atoms with van der Waals surface area (Å²) in [4.78, 5) is 14.0. The van der Waals surface area contributed by atoms with Crippen LogP contribution in [0.5, 0.6) is 5.75 Å². The summed E-state index contributed by atoms with van der Waals surface area (Å²) in [5.41, 5.74) is 15.9. The van der Waals surface area contributed by atoms with Gasteiger partial charge in [-0.2, -0.15) is 0 Å². The van der Waals surface area contributed by atoms with E-state index in [-0.39, 0.29) is 0 Å². The van der Waals surface area contributed by atoms with Gasteiger partial charge in [-0.05, 0) is 42.5 Å². The van der Waals surface area contributed by atoms with Crippen LogP contribution in [0.25, 0.3) is 11.4 Å². The Hall–Kier alpha value is -4.33. The molecule has 2 aromatic carbocycles. The van der Waals surface area contributed by atoms with Gasteiger partial charge in [0.15, 0.2) is 17.5 Å². The second-order valence-electron chi connectivity index (χ2n) is 7.12. The van der Waals surface area contributed by atoms with Crippen molar-refractivity contribution in [3.63, 3.8) is 0 Å². The van der Waals surface area contributed by atoms with E-state index >= 15 is 0 Å². The Morgan fingerprint density at radius 3 is 2.61 bits per heavy atom. The van der Waals surface area contributed by atoms with Crippen molar-refractivity contribution >= 4 is 28.7 Å². The molecule has 31 heavy (non-hydrogen) atoms. The Morgan fingerprint density at radius 2 is 1.81 bits per heavy atom. The number of hydrogen-bond donors (Lipinski definition) is 2. The number of anilines is 5. The highest BCUT2D eigenvalue weighted by molar-refractivity contribution is 5.79. The summed E-state index contributed by atoms with van der Waals surface area (Å²) >= 11 is 0. The fourth-order valence-corrected chi connectivity index (χ4v) is 3.68. The number of methoxy groups -OCH3 is 1. The molecule has 5 rings (SSSR count). The number of nitrogens with zero attached hydrogens (tertiary/aromatic N) is 5. The average molecular weight is 411 g/mol. The van der Waals surface area contributed by atoms with Crippen LogP contribution < -0.4 is 26.2 Å². The zero-order chi connectivity index (χ0) is 21.4. The topological polar surface area (TPSA) is 106 Å². The maximum absolute atomic E-state index is 6.18. The summed E-state index contributed by atoms with van der Waals surface area (Å²) in [6.45, 7) is 0.568. The number of benzene rings is 2. The average Bonchev–Trinajstić information content (AvgIpc) is 3.19. The predicted octanol–water partition coefficient (Wildman–Crippen LogP) is 3.78. The Morgan fingerprint density at radius 1 is 0.968 bits per heavy atom. The highest BCUT2D eigenvalue weighted by Gasteiger charge is 2.33. The van der Waals surface area contributed by atoms with Crippen molar-refractivity contribution in [3.05, 3.63) is 78.6 Å². The molecular formula is C23H21N7O. The van der Waals surface area contributed by atoms with E-state index in [1.54, 1.807) is 31.5 Å². The van der Waals surface area contributed by atoms with Gasteiger partial charge in [0.25, 0.3) is 0 Å². The maximum Gasteiger partial charge on any atom is 0.163 e. The van der Waals surface area contributed by atoms with E-state index in [4.69, 9.17) is 21.2 Å². The molecular weight excluding hydrogens is 390 g/mol. The lowest BCUT2D eigenvalue weighted by atomic mass is 10.1. The van der Waals surface area contributed by atoms with E-state index in [0.717, 1.165) is 28.6 Å². The van der Waals surface area contributed by atoms with Gasteiger partial charge in [0, 0.05) is 34.9 Å². The van der Waals surface area contributed by atoms with Gasteiger partial charge in [-0.1, -0.05) is 18.2 Å². The van der Waals surface area contributed by atoms with Crippen LogP contribution in [-0.2, 0) is 6.54 Å². The third-order valence-electron chi connectivity index (χ3n) is 5.15. The Kier molecular flexibility index (Phi) is 4.51. The molecule has 8 nitrogen and oxygen atoms in total. The number of fused-ring (bicyclic) bond motifs is 1. The van der Waals surface area contributed by atoms with Gasteiger partial charge in [-0.25, -0.2) is 20.0 Å². The van der Waals surface area contributed by atoms with Gasteiger partial charge in [0.05, 0.1) is 13.7 Å². The summed E-state index contributed by atoms with van der Waals surface area (Å²) in [7, 11) is 1.66. The minimum absolute atomic E-state index is 0.506. The molecule has 0 aliphatic carbocycles. The first kappa shape index (κ1) is 18.7. The van der Waals surface area contributed by atoms with Crippen LogP contribution in [0.1, 0.15) is 5.56 Å². The van der Waals surface area contributed by atoms with E-state index in [0.29, 0.717) is 29.3 Å². The van der Waals surface area contributed by atoms with Crippen LogP contribution >= 0.6 is 0 Å². The number of pyridine rings is 1. The minimum Gasteiger partial charge on any atom is -0.495 e. The summed E-state index contributed by atoms with van der Waals surface area (Å²) in [5.74, 6) is 2.73. The molecule has 4 aromatic rings. The molecule has 0 unspecified atom stereocenters. The van der Waals surface area contributed by atoms with E-state index in [1.807, 2.05) is 53.7 Å². The summed E-state index contributed by atoms with van der Waals surface area (Å²) in [6.07, 6.45) is 3.58. The molecule has 2 aromatic heterocycles. The van der Waals surface area contributed by atoms with Gasteiger partial charge < -0.3 is 16.2 Å². The summed E-state index contributed by atoms with van der Waals surface area (Å²) < 4.78 is 5.61. The van der Waals surface area contributed by atoms with Crippen molar-refractivity contribution < 1.29 is 4.74 Å². The normalized spacial score (nSPS) is 12.7. The van der Waals surface area contributed by atoms with Crippen LogP contribution in [-0.4, -0.2) is 22.1 Å². The predicted molar refractivity (Wildman–Crippen MR) is 122 cm³/mol. The molecule has 154 valence electrons. The van der Waals surface area contributed by atoms with Gasteiger partial charge in [-0.15, -0.1) is 0 Å². The maximum atomic E-state index is 6.18. The van der Waals surface area contributed by atoms with E-state index < -0.39 is 0 Å². The molecule has 0 radical (unpaired) electrons. The molecule has 0 saturated heterocycles. The Bertz CT molecular complexity index is 1250. The number of hydrogen-bond acceptors (Lipinski definition) is 8. The lowest BCUT2D eigenvalue weighted by molar-refractivity contribution is 0.414. The quantitative estimate of drug-likeness (QED) is 0.489. The number of hydrazine groups is 1. The third-order valence-corrected chi connectivity index (χ3v) is 5.15. The van der Waals surface area contributed by atoms with Gasteiger partial charge >= 0.3 is 0 Å². The van der Waals surface area contributed by atoms with Crippen molar-refractivity contribution in [2.24, 2.45) is 0 Å². The van der Waals surface area contributed by atoms with Crippen molar-refractivity contribution in [1.82, 2.24) is 15.0 Å². The molecule has 0 amide bonds. The van der Waals surface area contributed by atoms with Crippen LogP contribution in [0.2, 0.25) is 0 Å². The van der Waals surface area contributed by atoms with Crippen LogP contribution in [0, 0.1) is 0 Å². The molecule has 0 atom stereocenters. The van der Waals surface area contributed by atoms with Crippen molar-refractivity contribution in [3.8, 4) is 17.1 Å². The van der Waals surface area contributed by atoms with E-state index in [9.17, 15) is 0 Å². The second-order valence-corrected chi connectivity index (χ2v) is 7.12. The highest BCUT2D eigenvalue weighted by atomic mass is 16.5. The largest absolute Gasteiger partial charge is 0.495 e. The summed E-state index contributed by atoms with van der Waals surface area (Å²) in [6, 6.07) is 18.9. The SMILES string of the molecule is COc1ccccc1N1Cc2cnc(-c3cc(N)ccc3N)nc2N1c1ccccn1. The number of rotatable bonds is 4. The van der Waals surface area contributed by atoms with Crippen molar-refractivity contribution in [1.29, 1.82) is 0 Å². The smallest absolute Gasteiger partial charge is 0.163 e. The minimum atomic E-state index is 0.506. The third kappa shape index (κ3) is 3.24. The molecule has 0 bridgehead atoms. The Labute approximate surface area is 179 Å². The zero-order valence-electron chi connectivity index (χ0n) is 16.9. The molecule has 0 saturated carbocycles. The number of nitrogen functional groups attached to an aromatic ring is 2. The lowest BCUT2D eigenvalue weighted by Gasteiger charge is -2.31. The first-order chi connectivity index (χ1) is 15.2. The number of ether oxygens (including phenoxy) is 1. The Balaban J connectivity index is 1.67. The molecule has 3 heterocycles. The van der Waals surface area contributed by atoms with E-state index in [1.165, 1.54) is 0 Å². The van der Waals surface area contributed by atoms with Crippen molar-refractivity contribution in [2.75, 3.05) is 28.6 Å². The first-order valence-electron chi connectivity index (χ1n) is 9.78. The highest BCUT2D eigenvalue weighted by Crippen LogP contribution is 2.42. The number of nitrogens with two attached hydrogens (primary N) is 2.